The van der Waals surface area contributed by atoms with E-state index in [-0.39, 0.29) is 11.4 Å². The molecule has 0 bridgehead atoms. The maximum Gasteiger partial charge on any atom is 0.220 e. The van der Waals surface area contributed by atoms with Crippen LogP contribution in [0.25, 0.3) is 0 Å². The van der Waals surface area contributed by atoms with Gasteiger partial charge in [-0.15, -0.1) is 11.6 Å². The number of carbonyl (C=O) groups excluding carboxylic acids is 1. The van der Waals surface area contributed by atoms with Crippen molar-refractivity contribution in [2.45, 2.75) is 70.8 Å². The molecule has 1 rings (SSSR count). The van der Waals surface area contributed by atoms with E-state index in [9.17, 15) is 4.79 Å². The van der Waals surface area contributed by atoms with E-state index >= 15 is 0 Å². The zero-order valence-electron chi connectivity index (χ0n) is 11.2. The highest BCUT2D eigenvalue weighted by atomic mass is 35.5. The van der Waals surface area contributed by atoms with Crippen LogP contribution in [0.4, 0.5) is 0 Å². The van der Waals surface area contributed by atoms with E-state index in [2.05, 4.69) is 12.2 Å². The van der Waals surface area contributed by atoms with Crippen molar-refractivity contribution in [2.24, 2.45) is 5.92 Å². The van der Waals surface area contributed by atoms with Crippen LogP contribution in [0.15, 0.2) is 0 Å². The molecule has 0 spiro atoms. The molecule has 2 nitrogen and oxygen atoms in total. The standard InChI is InChI=1S/C14H26ClNO/c1-3-14(2,11-15)16-13(17)10-9-12-7-5-4-6-8-12/h12H,3-11H2,1-2H3,(H,16,17). The molecule has 1 aliphatic rings. The Hall–Kier alpha value is -0.240. The summed E-state index contributed by atoms with van der Waals surface area (Å²) in [5.41, 5.74) is -0.231. The average Bonchev–Trinajstić information content (AvgIpc) is 2.37. The number of hydrogen-bond donors (Lipinski definition) is 1. The highest BCUT2D eigenvalue weighted by Crippen LogP contribution is 2.27. The molecular weight excluding hydrogens is 234 g/mol. The van der Waals surface area contributed by atoms with Crippen molar-refractivity contribution in [3.63, 3.8) is 0 Å². The van der Waals surface area contributed by atoms with Crippen LogP contribution in [0.5, 0.6) is 0 Å². The molecule has 0 aliphatic heterocycles. The second-order valence-corrected chi connectivity index (χ2v) is 5.91. The van der Waals surface area contributed by atoms with Crippen LogP contribution in [0.3, 0.4) is 0 Å². The summed E-state index contributed by atoms with van der Waals surface area (Å²) in [6.07, 6.45) is 9.29. The lowest BCUT2D eigenvalue weighted by atomic mass is 9.86. The van der Waals surface area contributed by atoms with Crippen molar-refractivity contribution < 1.29 is 4.79 Å². The van der Waals surface area contributed by atoms with E-state index < -0.39 is 0 Å². The number of rotatable bonds is 6. The molecular formula is C14H26ClNO. The highest BCUT2D eigenvalue weighted by molar-refractivity contribution is 6.18. The maximum absolute atomic E-state index is 11.8. The van der Waals surface area contributed by atoms with Crippen molar-refractivity contribution in [3.8, 4) is 0 Å². The van der Waals surface area contributed by atoms with Crippen LogP contribution in [0.1, 0.15) is 65.2 Å². The lowest BCUT2D eigenvalue weighted by Gasteiger charge is -2.28. The molecule has 1 saturated carbocycles. The number of halogens is 1. The molecule has 1 amide bonds. The first-order valence-electron chi connectivity index (χ1n) is 6.96. The Morgan fingerprint density at radius 3 is 2.53 bits per heavy atom. The second kappa shape index (κ2) is 7.25. The van der Waals surface area contributed by atoms with Crippen molar-refractivity contribution in [2.75, 3.05) is 5.88 Å². The molecule has 3 heteroatoms. The highest BCUT2D eigenvalue weighted by Gasteiger charge is 2.23. The van der Waals surface area contributed by atoms with Gasteiger partial charge in [0.05, 0.1) is 5.54 Å². The topological polar surface area (TPSA) is 29.1 Å². The number of hydrogen-bond acceptors (Lipinski definition) is 1. The Labute approximate surface area is 110 Å². The zero-order valence-corrected chi connectivity index (χ0v) is 12.0. The van der Waals surface area contributed by atoms with Gasteiger partial charge in [0.2, 0.25) is 5.91 Å². The molecule has 0 aromatic heterocycles. The normalized spacial score (nSPS) is 20.9. The predicted octanol–water partition coefficient (Wildman–Crippen LogP) is 3.87. The first kappa shape index (κ1) is 14.8. The van der Waals surface area contributed by atoms with Crippen LogP contribution >= 0.6 is 11.6 Å². The summed E-state index contributed by atoms with van der Waals surface area (Å²) in [4.78, 5) is 11.8. The van der Waals surface area contributed by atoms with Crippen molar-refractivity contribution >= 4 is 17.5 Å². The Morgan fingerprint density at radius 1 is 1.35 bits per heavy atom. The average molecular weight is 260 g/mol. The molecule has 0 saturated heterocycles. The molecule has 0 aromatic carbocycles. The minimum absolute atomic E-state index is 0.167. The van der Waals surface area contributed by atoms with E-state index in [4.69, 9.17) is 11.6 Å². The van der Waals surface area contributed by atoms with Gasteiger partial charge in [0, 0.05) is 12.3 Å². The van der Waals surface area contributed by atoms with Gasteiger partial charge in [0.1, 0.15) is 0 Å². The molecule has 17 heavy (non-hydrogen) atoms. The van der Waals surface area contributed by atoms with Gasteiger partial charge in [-0.1, -0.05) is 39.0 Å². The van der Waals surface area contributed by atoms with Gasteiger partial charge in [-0.2, -0.15) is 0 Å². The summed E-state index contributed by atoms with van der Waals surface area (Å²) >= 11 is 5.89. The number of nitrogens with one attached hydrogen (secondary N) is 1. The first-order valence-corrected chi connectivity index (χ1v) is 7.50. The summed E-state index contributed by atoms with van der Waals surface area (Å²) in [7, 11) is 0. The van der Waals surface area contributed by atoms with Gasteiger partial charge in [-0.3, -0.25) is 4.79 Å². The number of carbonyl (C=O) groups is 1. The van der Waals surface area contributed by atoms with Crippen LogP contribution < -0.4 is 5.32 Å². The lowest BCUT2D eigenvalue weighted by molar-refractivity contribution is -0.123. The maximum atomic E-state index is 11.8. The van der Waals surface area contributed by atoms with E-state index in [1.54, 1.807) is 0 Å². The Kier molecular flexibility index (Phi) is 6.32. The molecule has 1 fully saturated rings. The van der Waals surface area contributed by atoms with Gasteiger partial charge in [-0.05, 0) is 25.7 Å². The Morgan fingerprint density at radius 2 is 2.00 bits per heavy atom. The van der Waals surface area contributed by atoms with Crippen molar-refractivity contribution in [1.29, 1.82) is 0 Å². The Balaban J connectivity index is 2.24. The van der Waals surface area contributed by atoms with Gasteiger partial charge >= 0.3 is 0 Å². The SMILES string of the molecule is CCC(C)(CCl)NC(=O)CCC1CCCCC1. The van der Waals surface area contributed by atoms with E-state index in [1.807, 2.05) is 6.92 Å². The molecule has 100 valence electrons. The third-order valence-corrected chi connectivity index (χ3v) is 4.61. The fourth-order valence-electron chi connectivity index (χ4n) is 2.43. The van der Waals surface area contributed by atoms with Gasteiger partial charge in [0.15, 0.2) is 0 Å². The Bertz CT molecular complexity index is 232. The molecule has 1 atom stereocenters. The van der Waals surface area contributed by atoms with Crippen LogP contribution in [0.2, 0.25) is 0 Å². The first-order chi connectivity index (χ1) is 8.09. The number of amides is 1. The second-order valence-electron chi connectivity index (χ2n) is 5.64. The minimum atomic E-state index is -0.231. The van der Waals surface area contributed by atoms with Crippen molar-refractivity contribution in [3.05, 3.63) is 0 Å². The monoisotopic (exact) mass is 259 g/mol. The minimum Gasteiger partial charge on any atom is -0.350 e. The summed E-state index contributed by atoms with van der Waals surface area (Å²) in [5, 5.41) is 3.06. The van der Waals surface area contributed by atoms with Gasteiger partial charge < -0.3 is 5.32 Å². The summed E-state index contributed by atoms with van der Waals surface area (Å²) in [6, 6.07) is 0. The smallest absolute Gasteiger partial charge is 0.220 e. The third-order valence-electron chi connectivity index (χ3n) is 4.02. The number of alkyl halides is 1. The predicted molar refractivity (Wildman–Crippen MR) is 73.4 cm³/mol. The largest absolute Gasteiger partial charge is 0.350 e. The fraction of sp³-hybridized carbons (Fsp3) is 0.929. The van der Waals surface area contributed by atoms with Gasteiger partial charge in [-0.25, -0.2) is 0 Å². The van der Waals surface area contributed by atoms with Crippen molar-refractivity contribution in [1.82, 2.24) is 5.32 Å². The summed E-state index contributed by atoms with van der Waals surface area (Å²) < 4.78 is 0. The third kappa shape index (κ3) is 5.29. The lowest BCUT2D eigenvalue weighted by Crippen LogP contribution is -2.47. The molecule has 0 heterocycles. The van der Waals surface area contributed by atoms with E-state index in [0.29, 0.717) is 12.3 Å². The van der Waals surface area contributed by atoms with E-state index in [1.165, 1.54) is 32.1 Å². The molecule has 1 aliphatic carbocycles. The van der Waals surface area contributed by atoms with Crippen LogP contribution in [0, 0.1) is 5.92 Å². The summed E-state index contributed by atoms with van der Waals surface area (Å²) in [6.45, 7) is 4.07. The van der Waals surface area contributed by atoms with Crippen LogP contribution in [-0.2, 0) is 4.79 Å². The zero-order chi connectivity index (χ0) is 12.7. The molecule has 1 unspecified atom stereocenters. The molecule has 1 N–H and O–H groups in total. The quantitative estimate of drug-likeness (QED) is 0.721. The fourth-order valence-corrected chi connectivity index (χ4v) is 2.68. The van der Waals surface area contributed by atoms with E-state index in [0.717, 1.165) is 18.8 Å². The van der Waals surface area contributed by atoms with Gasteiger partial charge in [0.25, 0.3) is 0 Å². The molecule has 0 radical (unpaired) electrons. The summed E-state index contributed by atoms with van der Waals surface area (Å²) in [5.74, 6) is 1.43. The van der Waals surface area contributed by atoms with Crippen LogP contribution in [-0.4, -0.2) is 17.3 Å². The molecule has 0 aromatic rings.